The summed E-state index contributed by atoms with van der Waals surface area (Å²) in [5.74, 6) is 0.330. The molecule has 2 N–H and O–H groups in total. The van der Waals surface area contributed by atoms with Crippen molar-refractivity contribution in [2.75, 3.05) is 5.73 Å². The molecule has 25 heavy (non-hydrogen) atoms. The van der Waals surface area contributed by atoms with E-state index in [2.05, 4.69) is 20.2 Å². The summed E-state index contributed by atoms with van der Waals surface area (Å²) in [5.41, 5.74) is 12.1. The van der Waals surface area contributed by atoms with Crippen LogP contribution in [0.3, 0.4) is 0 Å². The minimum absolute atomic E-state index is 0.330. The van der Waals surface area contributed by atoms with Gasteiger partial charge in [0.2, 0.25) is 5.95 Å². The normalized spacial score (nSPS) is 11.2. The summed E-state index contributed by atoms with van der Waals surface area (Å²) in [6.45, 7) is 3.93. The fraction of sp³-hybridized carbons (Fsp3) is 0.111. The number of benzene rings is 1. The van der Waals surface area contributed by atoms with E-state index in [4.69, 9.17) is 17.3 Å². The number of hydrogen-bond donors (Lipinski definition) is 1. The highest BCUT2D eigenvalue weighted by atomic mass is 35.5. The van der Waals surface area contributed by atoms with E-state index in [1.54, 1.807) is 10.7 Å². The van der Waals surface area contributed by atoms with E-state index in [1.807, 2.05) is 50.2 Å². The van der Waals surface area contributed by atoms with Crippen LogP contribution in [0.4, 0.5) is 5.95 Å². The van der Waals surface area contributed by atoms with Crippen molar-refractivity contribution in [3.63, 3.8) is 0 Å². The molecule has 3 heterocycles. The third-order valence-electron chi connectivity index (χ3n) is 3.97. The van der Waals surface area contributed by atoms with Gasteiger partial charge in [-0.3, -0.25) is 9.38 Å². The third-order valence-corrected chi connectivity index (χ3v) is 4.22. The Morgan fingerprint density at radius 3 is 2.32 bits per heavy atom. The monoisotopic (exact) mass is 350 g/mol. The Morgan fingerprint density at radius 2 is 1.64 bits per heavy atom. The van der Waals surface area contributed by atoms with Gasteiger partial charge in [0.1, 0.15) is 6.33 Å². The topological polar surface area (TPSA) is 82.0 Å². The van der Waals surface area contributed by atoms with E-state index in [9.17, 15) is 0 Å². The quantitative estimate of drug-likeness (QED) is 0.596. The number of nitrogen functional groups attached to an aromatic ring is 1. The minimum atomic E-state index is 0.330. The van der Waals surface area contributed by atoms with E-state index in [-0.39, 0.29) is 0 Å². The molecule has 0 spiro atoms. The van der Waals surface area contributed by atoms with Crippen molar-refractivity contribution >= 4 is 23.2 Å². The van der Waals surface area contributed by atoms with Crippen molar-refractivity contribution in [1.82, 2.24) is 24.6 Å². The zero-order chi connectivity index (χ0) is 17.6. The molecule has 0 atom stereocenters. The Kier molecular flexibility index (Phi) is 3.62. The number of aromatic nitrogens is 5. The lowest BCUT2D eigenvalue weighted by atomic mass is 9.99. The number of rotatable bonds is 2. The van der Waals surface area contributed by atoms with Crippen LogP contribution < -0.4 is 5.73 Å². The summed E-state index contributed by atoms with van der Waals surface area (Å²) in [5, 5.41) is 8.93. The molecule has 0 aliphatic rings. The van der Waals surface area contributed by atoms with E-state index < -0.39 is 0 Å². The Morgan fingerprint density at radius 1 is 0.960 bits per heavy atom. The lowest BCUT2D eigenvalue weighted by Crippen LogP contribution is -2.04. The predicted octanol–water partition coefficient (Wildman–Crippen LogP) is 3.71. The highest BCUT2D eigenvalue weighted by molar-refractivity contribution is 6.30. The predicted molar refractivity (Wildman–Crippen MR) is 98.3 cm³/mol. The van der Waals surface area contributed by atoms with Gasteiger partial charge in [-0.2, -0.15) is 0 Å². The van der Waals surface area contributed by atoms with E-state index in [1.165, 1.54) is 0 Å². The van der Waals surface area contributed by atoms with Crippen LogP contribution >= 0.6 is 11.6 Å². The maximum absolute atomic E-state index is 6.11. The molecule has 0 aliphatic heterocycles. The van der Waals surface area contributed by atoms with Gasteiger partial charge in [-0.15, -0.1) is 10.2 Å². The summed E-state index contributed by atoms with van der Waals surface area (Å²) < 4.78 is 1.68. The van der Waals surface area contributed by atoms with Crippen LogP contribution in [0.2, 0.25) is 5.02 Å². The number of halogens is 1. The zero-order valence-electron chi connectivity index (χ0n) is 13.7. The lowest BCUT2D eigenvalue weighted by Gasteiger charge is -2.13. The van der Waals surface area contributed by atoms with Crippen molar-refractivity contribution < 1.29 is 0 Å². The average molecular weight is 351 g/mol. The molecule has 0 amide bonds. The molecule has 0 saturated carbocycles. The highest BCUT2D eigenvalue weighted by Crippen LogP contribution is 2.35. The van der Waals surface area contributed by atoms with Crippen LogP contribution in [0.1, 0.15) is 11.4 Å². The molecule has 0 saturated heterocycles. The molecule has 4 rings (SSSR count). The molecule has 0 aliphatic carbocycles. The molecular formula is C18H15ClN6. The van der Waals surface area contributed by atoms with Crippen molar-refractivity contribution in [3.8, 4) is 22.4 Å². The molecular weight excluding hydrogens is 336 g/mol. The summed E-state index contributed by atoms with van der Waals surface area (Å²) in [4.78, 5) is 9.06. The summed E-state index contributed by atoms with van der Waals surface area (Å²) in [6, 6.07) is 11.5. The Hall–Kier alpha value is -2.99. The van der Waals surface area contributed by atoms with E-state index in [0.29, 0.717) is 16.6 Å². The maximum Gasteiger partial charge on any atom is 0.207 e. The minimum Gasteiger partial charge on any atom is -0.369 e. The zero-order valence-corrected chi connectivity index (χ0v) is 14.5. The number of hydrogen-bond acceptors (Lipinski definition) is 5. The number of nitrogens with two attached hydrogens (primary N) is 1. The molecule has 0 unspecified atom stereocenters. The Labute approximate surface area is 149 Å². The van der Waals surface area contributed by atoms with Gasteiger partial charge in [0.15, 0.2) is 5.65 Å². The van der Waals surface area contributed by atoms with Gasteiger partial charge in [0, 0.05) is 22.0 Å². The second-order valence-electron chi connectivity index (χ2n) is 5.86. The van der Waals surface area contributed by atoms with Crippen LogP contribution in [0.25, 0.3) is 28.0 Å². The molecule has 4 aromatic rings. The highest BCUT2D eigenvalue weighted by Gasteiger charge is 2.18. The third kappa shape index (κ3) is 2.70. The summed E-state index contributed by atoms with van der Waals surface area (Å²) in [6.07, 6.45) is 1.56. The van der Waals surface area contributed by atoms with Crippen LogP contribution in [-0.4, -0.2) is 24.6 Å². The largest absolute Gasteiger partial charge is 0.369 e. The van der Waals surface area contributed by atoms with Gasteiger partial charge in [-0.25, -0.2) is 4.98 Å². The number of nitrogens with zero attached hydrogens (tertiary/aromatic N) is 5. The van der Waals surface area contributed by atoms with Gasteiger partial charge in [0.05, 0.1) is 11.3 Å². The van der Waals surface area contributed by atoms with Gasteiger partial charge in [-0.05, 0) is 43.7 Å². The first-order valence-electron chi connectivity index (χ1n) is 7.74. The molecule has 3 aromatic heterocycles. The van der Waals surface area contributed by atoms with Crippen LogP contribution in [0.5, 0.6) is 0 Å². The second kappa shape index (κ2) is 5.82. The Balaban J connectivity index is 2.10. The number of anilines is 1. The first-order valence-corrected chi connectivity index (χ1v) is 8.11. The standard InChI is InChI=1S/C18H15ClN6/c1-10-7-13(8-11(2)22-10)15-16(12-3-5-14(19)6-4-12)23-18(20)25-9-21-24-17(15)25/h3-9H,1-2H3,(H2,20,23). The first-order chi connectivity index (χ1) is 12.0. The maximum atomic E-state index is 6.11. The SMILES string of the molecule is Cc1cc(-c2c(-c3ccc(Cl)cc3)nc(N)n3cnnc23)cc(C)n1. The summed E-state index contributed by atoms with van der Waals surface area (Å²) in [7, 11) is 0. The van der Waals surface area contributed by atoms with Gasteiger partial charge in [-0.1, -0.05) is 23.7 Å². The van der Waals surface area contributed by atoms with Gasteiger partial charge in [0.25, 0.3) is 0 Å². The Bertz CT molecular complexity index is 1060. The van der Waals surface area contributed by atoms with Gasteiger partial charge < -0.3 is 5.73 Å². The molecule has 0 fully saturated rings. The second-order valence-corrected chi connectivity index (χ2v) is 6.30. The van der Waals surface area contributed by atoms with Crippen LogP contribution in [0.15, 0.2) is 42.7 Å². The van der Waals surface area contributed by atoms with Gasteiger partial charge >= 0.3 is 0 Å². The van der Waals surface area contributed by atoms with Crippen LogP contribution in [-0.2, 0) is 0 Å². The van der Waals surface area contributed by atoms with Crippen LogP contribution in [0, 0.1) is 13.8 Å². The number of fused-ring (bicyclic) bond motifs is 1. The molecule has 6 nitrogen and oxygen atoms in total. The fourth-order valence-corrected chi connectivity index (χ4v) is 3.09. The van der Waals surface area contributed by atoms with E-state index in [0.717, 1.165) is 33.8 Å². The first kappa shape index (κ1) is 15.5. The molecule has 124 valence electrons. The summed E-state index contributed by atoms with van der Waals surface area (Å²) >= 11 is 6.03. The number of aryl methyl sites for hydroxylation is 2. The molecule has 7 heteroatoms. The lowest BCUT2D eigenvalue weighted by molar-refractivity contribution is 1.08. The van der Waals surface area contributed by atoms with Crippen molar-refractivity contribution in [3.05, 3.63) is 59.1 Å². The van der Waals surface area contributed by atoms with Crippen molar-refractivity contribution in [2.24, 2.45) is 0 Å². The smallest absolute Gasteiger partial charge is 0.207 e. The van der Waals surface area contributed by atoms with E-state index >= 15 is 0 Å². The molecule has 1 aromatic carbocycles. The molecule has 0 radical (unpaired) electrons. The van der Waals surface area contributed by atoms with Crippen molar-refractivity contribution in [2.45, 2.75) is 13.8 Å². The number of pyridine rings is 1. The average Bonchev–Trinajstić information content (AvgIpc) is 3.04. The molecule has 0 bridgehead atoms. The fourth-order valence-electron chi connectivity index (χ4n) is 2.96. The van der Waals surface area contributed by atoms with Crippen molar-refractivity contribution in [1.29, 1.82) is 0 Å².